The summed E-state index contributed by atoms with van der Waals surface area (Å²) < 4.78 is 0. The summed E-state index contributed by atoms with van der Waals surface area (Å²) in [7, 11) is 0. The first-order valence-corrected chi connectivity index (χ1v) is 8.64. The van der Waals surface area contributed by atoms with E-state index >= 15 is 0 Å². The second-order valence-corrected chi connectivity index (χ2v) is 6.65. The predicted octanol–water partition coefficient (Wildman–Crippen LogP) is 4.88. The molecule has 0 bridgehead atoms. The van der Waals surface area contributed by atoms with Crippen molar-refractivity contribution in [2.75, 3.05) is 0 Å². The molecule has 2 nitrogen and oxygen atoms in total. The number of rotatable bonds is 8. The van der Waals surface area contributed by atoms with E-state index in [-0.39, 0.29) is 12.2 Å². The molecule has 0 saturated heterocycles. The Morgan fingerprint density at radius 1 is 1.04 bits per heavy atom. The van der Waals surface area contributed by atoms with Crippen molar-refractivity contribution in [3.05, 3.63) is 71.3 Å². The summed E-state index contributed by atoms with van der Waals surface area (Å²) in [6.45, 7) is 6.20. The van der Waals surface area contributed by atoms with E-state index in [1.165, 1.54) is 0 Å². The Labute approximate surface area is 144 Å². The zero-order valence-electron chi connectivity index (χ0n) is 14.8. The third-order valence-electron chi connectivity index (χ3n) is 4.91. The molecule has 2 aromatic carbocycles. The molecule has 0 aliphatic carbocycles. The quantitative estimate of drug-likeness (QED) is 0.649. The summed E-state index contributed by atoms with van der Waals surface area (Å²) in [5.74, 6) is 0.427. The van der Waals surface area contributed by atoms with Crippen molar-refractivity contribution in [3.8, 4) is 0 Å². The number of aryl methyl sites for hydroxylation is 1. The maximum absolute atomic E-state index is 13.4. The summed E-state index contributed by atoms with van der Waals surface area (Å²) in [6.07, 6.45) is 2.48. The van der Waals surface area contributed by atoms with Crippen LogP contribution in [-0.4, -0.2) is 12.1 Å². The minimum absolute atomic E-state index is 0.124. The van der Waals surface area contributed by atoms with Crippen molar-refractivity contribution in [1.29, 1.82) is 0 Å². The molecule has 0 N–H and O–H groups in total. The summed E-state index contributed by atoms with van der Waals surface area (Å²) >= 11 is 0. The van der Waals surface area contributed by atoms with Gasteiger partial charge < -0.3 is 4.79 Å². The second-order valence-electron chi connectivity index (χ2n) is 6.65. The lowest BCUT2D eigenvalue weighted by molar-refractivity contribution is -0.126. The van der Waals surface area contributed by atoms with Crippen molar-refractivity contribution in [2.45, 2.75) is 45.4 Å². The molecule has 0 amide bonds. The van der Waals surface area contributed by atoms with Crippen molar-refractivity contribution < 1.29 is 9.59 Å². The van der Waals surface area contributed by atoms with Crippen LogP contribution in [-0.2, 0) is 15.0 Å². The molecule has 0 saturated carbocycles. The summed E-state index contributed by atoms with van der Waals surface area (Å²) in [6, 6.07) is 17.7. The number of carbonyl (C=O) groups is 2. The molecule has 0 heterocycles. The molecule has 24 heavy (non-hydrogen) atoms. The molecule has 0 aromatic heterocycles. The molecule has 0 spiro atoms. The van der Waals surface area contributed by atoms with Crippen LogP contribution < -0.4 is 0 Å². The van der Waals surface area contributed by atoms with Crippen LogP contribution in [0.1, 0.15) is 49.8 Å². The number of ketones is 1. The van der Waals surface area contributed by atoms with Gasteiger partial charge in [-0.15, -0.1) is 0 Å². The van der Waals surface area contributed by atoms with Gasteiger partial charge in [-0.25, -0.2) is 0 Å². The van der Waals surface area contributed by atoms with Crippen LogP contribution in [0.5, 0.6) is 0 Å². The number of aldehydes is 1. The van der Waals surface area contributed by atoms with Crippen LogP contribution >= 0.6 is 0 Å². The lowest BCUT2D eigenvalue weighted by atomic mass is 9.67. The van der Waals surface area contributed by atoms with Crippen molar-refractivity contribution in [2.24, 2.45) is 5.92 Å². The Kier molecular flexibility index (Phi) is 6.08. The standard InChI is InChI=1S/C22H26O2/c1-4-17(2)16-21(24)22(14-15-23,19-8-6-5-7-9-19)20-12-10-18(3)11-13-20/h5-13,15,17H,4,14,16H2,1-3H3. The van der Waals surface area contributed by atoms with Gasteiger partial charge in [-0.3, -0.25) is 4.79 Å². The van der Waals surface area contributed by atoms with Gasteiger partial charge in [0.2, 0.25) is 0 Å². The highest BCUT2D eigenvalue weighted by Gasteiger charge is 2.41. The predicted molar refractivity (Wildman–Crippen MR) is 98.2 cm³/mol. The number of benzene rings is 2. The Morgan fingerprint density at radius 2 is 1.62 bits per heavy atom. The molecular formula is C22H26O2. The topological polar surface area (TPSA) is 34.1 Å². The summed E-state index contributed by atoms with van der Waals surface area (Å²) in [5.41, 5.74) is 2.05. The van der Waals surface area contributed by atoms with Crippen molar-refractivity contribution in [1.82, 2.24) is 0 Å². The normalized spacial score (nSPS) is 14.6. The van der Waals surface area contributed by atoms with Crippen LogP contribution in [0.3, 0.4) is 0 Å². The van der Waals surface area contributed by atoms with Crippen LogP contribution in [0.4, 0.5) is 0 Å². The summed E-state index contributed by atoms with van der Waals surface area (Å²) in [5, 5.41) is 0. The SMILES string of the molecule is CCC(C)CC(=O)C(CC=O)(c1ccccc1)c1ccc(C)cc1. The Balaban J connectivity index is 2.63. The molecule has 0 radical (unpaired) electrons. The molecule has 2 aromatic rings. The molecule has 126 valence electrons. The number of hydrogen-bond acceptors (Lipinski definition) is 2. The average molecular weight is 322 g/mol. The lowest BCUT2D eigenvalue weighted by Gasteiger charge is -2.33. The molecule has 2 rings (SSSR count). The molecule has 0 fully saturated rings. The smallest absolute Gasteiger partial charge is 0.148 e. The highest BCUT2D eigenvalue weighted by Crippen LogP contribution is 2.38. The van der Waals surface area contributed by atoms with Crippen molar-refractivity contribution >= 4 is 12.1 Å². The van der Waals surface area contributed by atoms with Crippen LogP contribution in [0, 0.1) is 12.8 Å². The molecule has 2 unspecified atom stereocenters. The van der Waals surface area contributed by atoms with Gasteiger partial charge in [-0.1, -0.05) is 80.4 Å². The second kappa shape index (κ2) is 8.05. The first-order valence-electron chi connectivity index (χ1n) is 8.64. The minimum atomic E-state index is -0.889. The lowest BCUT2D eigenvalue weighted by Crippen LogP contribution is -2.38. The van der Waals surface area contributed by atoms with Crippen LogP contribution in [0.25, 0.3) is 0 Å². The fraction of sp³-hybridized carbons (Fsp3) is 0.364. The van der Waals surface area contributed by atoms with E-state index in [1.807, 2.05) is 61.5 Å². The zero-order valence-corrected chi connectivity index (χ0v) is 14.8. The minimum Gasteiger partial charge on any atom is -0.303 e. The number of hydrogen-bond donors (Lipinski definition) is 0. The maximum atomic E-state index is 13.4. The van der Waals surface area contributed by atoms with Gasteiger partial charge in [-0.2, -0.15) is 0 Å². The van der Waals surface area contributed by atoms with Gasteiger partial charge in [0.05, 0.1) is 5.41 Å². The van der Waals surface area contributed by atoms with E-state index in [1.54, 1.807) is 0 Å². The van der Waals surface area contributed by atoms with Gasteiger partial charge in [0.1, 0.15) is 12.1 Å². The zero-order chi connectivity index (χ0) is 17.6. The molecule has 0 aliphatic rings. The average Bonchev–Trinajstić information content (AvgIpc) is 2.61. The molecule has 2 heteroatoms. The Hall–Kier alpha value is -2.22. The number of Topliss-reactive ketones (excluding diaryl/α,β-unsaturated/α-hetero) is 1. The van der Waals surface area contributed by atoms with E-state index in [0.29, 0.717) is 12.3 Å². The van der Waals surface area contributed by atoms with E-state index in [4.69, 9.17) is 0 Å². The Morgan fingerprint density at radius 3 is 2.17 bits per heavy atom. The first-order chi connectivity index (χ1) is 11.5. The van der Waals surface area contributed by atoms with Crippen LogP contribution in [0.15, 0.2) is 54.6 Å². The maximum Gasteiger partial charge on any atom is 0.148 e. The Bertz CT molecular complexity index is 673. The molecule has 0 aliphatic heterocycles. The van der Waals surface area contributed by atoms with E-state index < -0.39 is 5.41 Å². The van der Waals surface area contributed by atoms with Gasteiger partial charge in [0, 0.05) is 12.8 Å². The van der Waals surface area contributed by atoms with Gasteiger partial charge in [-0.05, 0) is 24.0 Å². The van der Waals surface area contributed by atoms with Gasteiger partial charge in [0.15, 0.2) is 0 Å². The monoisotopic (exact) mass is 322 g/mol. The van der Waals surface area contributed by atoms with Gasteiger partial charge in [0.25, 0.3) is 0 Å². The number of carbonyl (C=O) groups excluding carboxylic acids is 2. The first kappa shape index (κ1) is 18.1. The van der Waals surface area contributed by atoms with Crippen LogP contribution in [0.2, 0.25) is 0 Å². The fourth-order valence-corrected chi connectivity index (χ4v) is 3.16. The fourth-order valence-electron chi connectivity index (χ4n) is 3.16. The summed E-state index contributed by atoms with van der Waals surface area (Å²) in [4.78, 5) is 24.9. The van der Waals surface area contributed by atoms with E-state index in [2.05, 4.69) is 13.8 Å². The third kappa shape index (κ3) is 3.64. The molecular weight excluding hydrogens is 296 g/mol. The van der Waals surface area contributed by atoms with Crippen molar-refractivity contribution in [3.63, 3.8) is 0 Å². The van der Waals surface area contributed by atoms with E-state index in [9.17, 15) is 9.59 Å². The largest absolute Gasteiger partial charge is 0.303 e. The van der Waals surface area contributed by atoms with E-state index in [0.717, 1.165) is 29.4 Å². The highest BCUT2D eigenvalue weighted by molar-refractivity contribution is 5.96. The highest BCUT2D eigenvalue weighted by atomic mass is 16.1. The molecule has 2 atom stereocenters. The van der Waals surface area contributed by atoms with Gasteiger partial charge >= 0.3 is 0 Å². The third-order valence-corrected chi connectivity index (χ3v) is 4.91.